The summed E-state index contributed by atoms with van der Waals surface area (Å²) in [4.78, 5) is 41.2. The van der Waals surface area contributed by atoms with Crippen LogP contribution in [0.2, 0.25) is 0 Å². The Kier molecular flexibility index (Phi) is 6.51. The number of carbonyl (C=O) groups excluding carboxylic acids is 3. The number of hydrogen-bond donors (Lipinski definition) is 1. The van der Waals surface area contributed by atoms with Crippen molar-refractivity contribution in [2.24, 2.45) is 5.92 Å². The van der Waals surface area contributed by atoms with Crippen molar-refractivity contribution >= 4 is 23.3 Å². The van der Waals surface area contributed by atoms with Crippen LogP contribution >= 0.6 is 0 Å². The van der Waals surface area contributed by atoms with Gasteiger partial charge >= 0.3 is 0 Å². The van der Waals surface area contributed by atoms with E-state index in [4.69, 9.17) is 0 Å². The van der Waals surface area contributed by atoms with Crippen LogP contribution in [0.5, 0.6) is 0 Å². The van der Waals surface area contributed by atoms with Gasteiger partial charge in [-0.25, -0.2) is 17.6 Å². The number of nitrogens with one attached hydrogen (secondary N) is 1. The number of piperidine rings is 1. The fraction of sp³-hybridized carbons (Fsp3) is 0.344. The van der Waals surface area contributed by atoms with Gasteiger partial charge in [0.25, 0.3) is 0 Å². The van der Waals surface area contributed by atoms with Gasteiger partial charge in [-0.1, -0.05) is 30.3 Å². The summed E-state index contributed by atoms with van der Waals surface area (Å²) in [5.74, 6) is -8.72. The van der Waals surface area contributed by atoms with Crippen molar-refractivity contribution < 1.29 is 31.9 Å². The Morgan fingerprint density at radius 2 is 1.66 bits per heavy atom. The number of para-hydroxylation sites is 1. The first-order chi connectivity index (χ1) is 19.6. The van der Waals surface area contributed by atoms with Gasteiger partial charge in [-0.3, -0.25) is 14.4 Å². The van der Waals surface area contributed by atoms with E-state index in [0.29, 0.717) is 18.4 Å². The minimum atomic E-state index is -1.51. The summed E-state index contributed by atoms with van der Waals surface area (Å²) in [6.45, 7) is 3.48. The van der Waals surface area contributed by atoms with E-state index in [0.717, 1.165) is 22.4 Å². The Hall–Kier alpha value is -4.01. The smallest absolute Gasteiger partial charge is 0.235 e. The molecule has 1 saturated heterocycles. The maximum Gasteiger partial charge on any atom is 0.235 e. The van der Waals surface area contributed by atoms with E-state index in [1.165, 1.54) is 4.90 Å². The molecule has 1 aliphatic carbocycles. The number of nitrogens with zero attached hydrogens (tertiary/aromatic N) is 1. The maximum atomic E-state index is 14.8. The van der Waals surface area contributed by atoms with Crippen LogP contribution in [-0.4, -0.2) is 35.1 Å². The highest BCUT2D eigenvalue weighted by molar-refractivity contribution is 6.07. The standard InChI is InChI=1S/C32H28F4N2O3/c1-3-38-16(2)21(27-28(35)23(33)13-24(34)29(27)36)11-19(30(38)40)12-26(39)17-8-9-18-14-32(15-20(18)10-17)22-6-4-5-7-25(22)37-31(32)41/h4-10,13,16,19,21H,3,11-12,14-15H2,1-2H3,(H,37,41)/t16-,19-,21-,32-/m1/s1. The van der Waals surface area contributed by atoms with Gasteiger partial charge in [0.1, 0.15) is 0 Å². The van der Waals surface area contributed by atoms with E-state index in [-0.39, 0.29) is 43.1 Å². The van der Waals surface area contributed by atoms with Crippen LogP contribution in [-0.2, 0) is 27.8 Å². The minimum absolute atomic E-state index is 0.0800. The highest BCUT2D eigenvalue weighted by Gasteiger charge is 2.50. The number of Topliss-reactive ketones (excluding diaryl/α,β-unsaturated/α-hetero) is 1. The summed E-state index contributed by atoms with van der Waals surface area (Å²) in [5, 5.41) is 2.96. The van der Waals surface area contributed by atoms with Crippen molar-refractivity contribution in [3.8, 4) is 0 Å². The summed E-state index contributed by atoms with van der Waals surface area (Å²) >= 11 is 0. The van der Waals surface area contributed by atoms with Gasteiger partial charge in [0, 0.05) is 53.7 Å². The fourth-order valence-electron chi connectivity index (χ4n) is 7.06. The van der Waals surface area contributed by atoms with Crippen molar-refractivity contribution in [3.05, 3.63) is 99.6 Å². The zero-order valence-electron chi connectivity index (χ0n) is 22.6. The lowest BCUT2D eigenvalue weighted by Gasteiger charge is -2.42. The van der Waals surface area contributed by atoms with Gasteiger partial charge in [-0.2, -0.15) is 0 Å². The molecule has 2 heterocycles. The predicted octanol–water partition coefficient (Wildman–Crippen LogP) is 5.85. The van der Waals surface area contributed by atoms with Crippen LogP contribution in [0.3, 0.4) is 0 Å². The number of fused-ring (bicyclic) bond motifs is 3. The first-order valence-electron chi connectivity index (χ1n) is 13.7. The molecule has 5 nitrogen and oxygen atoms in total. The van der Waals surface area contributed by atoms with Crippen LogP contribution in [0, 0.1) is 29.2 Å². The summed E-state index contributed by atoms with van der Waals surface area (Å²) in [5.41, 5.74) is 2.44. The van der Waals surface area contributed by atoms with Crippen molar-refractivity contribution in [2.75, 3.05) is 11.9 Å². The number of amides is 2. The molecule has 3 aromatic carbocycles. The van der Waals surface area contributed by atoms with E-state index < -0.39 is 52.1 Å². The van der Waals surface area contributed by atoms with Gasteiger partial charge in [0.15, 0.2) is 29.1 Å². The van der Waals surface area contributed by atoms with Gasteiger partial charge in [-0.15, -0.1) is 0 Å². The largest absolute Gasteiger partial charge is 0.339 e. The number of likely N-dealkylation sites (tertiary alicyclic amines) is 1. The molecule has 3 aliphatic rings. The van der Waals surface area contributed by atoms with E-state index in [9.17, 15) is 31.9 Å². The third-order valence-electron chi connectivity index (χ3n) is 9.17. The minimum Gasteiger partial charge on any atom is -0.339 e. The van der Waals surface area contributed by atoms with Gasteiger partial charge in [-0.05, 0) is 61.9 Å². The van der Waals surface area contributed by atoms with Crippen molar-refractivity contribution in [1.82, 2.24) is 4.90 Å². The zero-order chi connectivity index (χ0) is 29.2. The summed E-state index contributed by atoms with van der Waals surface area (Å²) in [6, 6.07) is 12.2. The van der Waals surface area contributed by atoms with Crippen LogP contribution < -0.4 is 5.32 Å². The Morgan fingerprint density at radius 1 is 0.976 bits per heavy atom. The summed E-state index contributed by atoms with van der Waals surface area (Å²) < 4.78 is 57.7. The molecule has 6 rings (SSSR count). The molecule has 0 aromatic heterocycles. The number of benzene rings is 3. The van der Waals surface area contributed by atoms with Crippen molar-refractivity contribution in [1.29, 1.82) is 0 Å². The number of hydrogen-bond acceptors (Lipinski definition) is 3. The second-order valence-electron chi connectivity index (χ2n) is 11.3. The molecule has 212 valence electrons. The van der Waals surface area contributed by atoms with E-state index in [2.05, 4.69) is 5.32 Å². The molecule has 1 fully saturated rings. The molecule has 0 saturated carbocycles. The average molecular weight is 565 g/mol. The molecule has 2 aliphatic heterocycles. The number of ketones is 1. The van der Waals surface area contributed by atoms with Gasteiger partial charge < -0.3 is 10.2 Å². The molecule has 0 unspecified atom stereocenters. The lowest BCUT2D eigenvalue weighted by atomic mass is 9.76. The predicted molar refractivity (Wildman–Crippen MR) is 144 cm³/mol. The first-order valence-corrected chi connectivity index (χ1v) is 13.7. The Labute approximate surface area is 234 Å². The van der Waals surface area contributed by atoms with Gasteiger partial charge in [0.2, 0.25) is 11.8 Å². The molecule has 41 heavy (non-hydrogen) atoms. The average Bonchev–Trinajstić information content (AvgIpc) is 3.47. The topological polar surface area (TPSA) is 66.5 Å². The van der Waals surface area contributed by atoms with Crippen LogP contribution in [0.4, 0.5) is 23.2 Å². The van der Waals surface area contributed by atoms with Crippen molar-refractivity contribution in [2.45, 2.75) is 56.9 Å². The molecule has 1 spiro atoms. The number of halogens is 4. The van der Waals surface area contributed by atoms with Gasteiger partial charge in [0.05, 0.1) is 5.41 Å². The maximum absolute atomic E-state index is 14.8. The molecular formula is C32H28F4N2O3. The molecule has 0 bridgehead atoms. The number of likely N-dealkylation sites (N-methyl/N-ethyl adjacent to an activating group) is 1. The van der Waals surface area contributed by atoms with Crippen LogP contribution in [0.1, 0.15) is 65.2 Å². The van der Waals surface area contributed by atoms with Crippen LogP contribution in [0.15, 0.2) is 48.5 Å². The highest BCUT2D eigenvalue weighted by Crippen LogP contribution is 2.47. The van der Waals surface area contributed by atoms with E-state index in [1.54, 1.807) is 26.0 Å². The zero-order valence-corrected chi connectivity index (χ0v) is 22.6. The Bertz CT molecular complexity index is 1600. The monoisotopic (exact) mass is 564 g/mol. The quantitative estimate of drug-likeness (QED) is 0.240. The first kappa shape index (κ1) is 27.2. The second kappa shape index (κ2) is 9.82. The third kappa shape index (κ3) is 4.16. The number of anilines is 1. The second-order valence-corrected chi connectivity index (χ2v) is 11.3. The lowest BCUT2D eigenvalue weighted by Crippen LogP contribution is -2.51. The molecule has 4 atom stereocenters. The lowest BCUT2D eigenvalue weighted by molar-refractivity contribution is -0.142. The normalized spacial score (nSPS) is 24.9. The Balaban J connectivity index is 1.27. The number of carbonyl (C=O) groups is 3. The number of rotatable bonds is 5. The SMILES string of the molecule is CCN1C(=O)[C@@H](CC(=O)c2ccc3c(c2)C[C@@]2(C3)C(=O)Nc3ccccc32)C[C@@H](c2c(F)c(F)cc(F)c2F)[C@H]1C. The fourth-order valence-corrected chi connectivity index (χ4v) is 7.06. The molecule has 0 radical (unpaired) electrons. The summed E-state index contributed by atoms with van der Waals surface area (Å²) in [7, 11) is 0. The van der Waals surface area contributed by atoms with E-state index in [1.807, 2.05) is 30.3 Å². The molecule has 2 amide bonds. The van der Waals surface area contributed by atoms with Crippen molar-refractivity contribution in [3.63, 3.8) is 0 Å². The van der Waals surface area contributed by atoms with E-state index >= 15 is 0 Å². The molecular weight excluding hydrogens is 536 g/mol. The third-order valence-corrected chi connectivity index (χ3v) is 9.17. The molecule has 1 N–H and O–H groups in total. The summed E-state index contributed by atoms with van der Waals surface area (Å²) in [6.07, 6.45) is 0.575. The molecule has 9 heteroatoms. The highest BCUT2D eigenvalue weighted by atomic mass is 19.2. The Morgan fingerprint density at radius 3 is 2.37 bits per heavy atom. The van der Waals surface area contributed by atoms with Crippen LogP contribution in [0.25, 0.3) is 0 Å². The molecule has 3 aromatic rings.